The highest BCUT2D eigenvalue weighted by molar-refractivity contribution is 6.62. The number of hydrogen-bond acceptors (Lipinski definition) is 5. The summed E-state index contributed by atoms with van der Waals surface area (Å²) in [6.45, 7) is 10.5. The van der Waals surface area contributed by atoms with E-state index in [-0.39, 0.29) is 12.4 Å². The van der Waals surface area contributed by atoms with Crippen LogP contribution in [0.15, 0.2) is 18.2 Å². The fourth-order valence-electron chi connectivity index (χ4n) is 2.39. The molecule has 1 fully saturated rings. The normalized spacial score (nSPS) is 18.8. The molecule has 1 aliphatic rings. The van der Waals surface area contributed by atoms with Gasteiger partial charge in [0, 0.05) is 5.56 Å². The number of benzene rings is 1. The average Bonchev–Trinajstić information content (AvgIpc) is 2.69. The average molecular weight is 320 g/mol. The highest BCUT2D eigenvalue weighted by Crippen LogP contribution is 2.36. The lowest BCUT2D eigenvalue weighted by Gasteiger charge is -2.32. The van der Waals surface area contributed by atoms with Crippen LogP contribution >= 0.6 is 0 Å². The summed E-state index contributed by atoms with van der Waals surface area (Å²) < 4.78 is 22.5. The first-order valence-electron chi connectivity index (χ1n) is 7.88. The summed E-state index contributed by atoms with van der Waals surface area (Å²) in [5.74, 6) is 0.371. The second-order valence-corrected chi connectivity index (χ2v) is 6.64. The zero-order valence-electron chi connectivity index (χ0n) is 14.8. The van der Waals surface area contributed by atoms with Gasteiger partial charge in [-0.3, -0.25) is 4.79 Å². The van der Waals surface area contributed by atoms with E-state index in [1.54, 1.807) is 0 Å². The molecule has 1 saturated heterocycles. The Morgan fingerprint density at radius 3 is 2.30 bits per heavy atom. The van der Waals surface area contributed by atoms with Crippen molar-refractivity contribution in [3.63, 3.8) is 0 Å². The van der Waals surface area contributed by atoms with Gasteiger partial charge >= 0.3 is 13.1 Å². The first-order valence-corrected chi connectivity index (χ1v) is 7.88. The molecule has 1 aliphatic heterocycles. The molecule has 0 radical (unpaired) electrons. The van der Waals surface area contributed by atoms with Crippen LogP contribution in [0.25, 0.3) is 0 Å². The highest BCUT2D eigenvalue weighted by atomic mass is 16.7. The van der Waals surface area contributed by atoms with Gasteiger partial charge in [0.15, 0.2) is 0 Å². The zero-order chi connectivity index (χ0) is 17.3. The summed E-state index contributed by atoms with van der Waals surface area (Å²) >= 11 is 0. The minimum Gasteiger partial charge on any atom is -0.494 e. The molecule has 0 aliphatic carbocycles. The van der Waals surface area contributed by atoms with Crippen molar-refractivity contribution in [2.45, 2.75) is 52.2 Å². The van der Waals surface area contributed by atoms with Crippen molar-refractivity contribution in [3.8, 4) is 5.75 Å². The summed E-state index contributed by atoms with van der Waals surface area (Å²) in [4.78, 5) is 11.6. The van der Waals surface area contributed by atoms with E-state index in [1.165, 1.54) is 7.11 Å². The van der Waals surface area contributed by atoms with Crippen LogP contribution in [0.1, 0.15) is 40.2 Å². The molecule has 1 heterocycles. The number of rotatable bonds is 5. The maximum Gasteiger partial charge on any atom is 0.494 e. The second-order valence-electron chi connectivity index (χ2n) is 6.64. The molecule has 23 heavy (non-hydrogen) atoms. The summed E-state index contributed by atoms with van der Waals surface area (Å²) in [7, 11) is 0.910. The van der Waals surface area contributed by atoms with Crippen molar-refractivity contribution in [1.29, 1.82) is 0 Å². The minimum atomic E-state index is -0.466. The molecule has 1 aromatic rings. The van der Waals surface area contributed by atoms with Crippen LogP contribution in [0.2, 0.25) is 0 Å². The van der Waals surface area contributed by atoms with Gasteiger partial charge in [-0.25, -0.2) is 0 Å². The van der Waals surface area contributed by atoms with Crippen molar-refractivity contribution >= 4 is 18.6 Å². The Balaban J connectivity index is 2.30. The zero-order valence-corrected chi connectivity index (χ0v) is 14.8. The van der Waals surface area contributed by atoms with Crippen molar-refractivity contribution in [1.82, 2.24) is 0 Å². The van der Waals surface area contributed by atoms with Crippen LogP contribution in [0.4, 0.5) is 0 Å². The first kappa shape index (κ1) is 17.8. The predicted octanol–water partition coefficient (Wildman–Crippen LogP) is 2.10. The molecule has 0 spiro atoms. The molecule has 0 aromatic heterocycles. The third-order valence-corrected chi connectivity index (χ3v) is 4.47. The third kappa shape index (κ3) is 3.70. The van der Waals surface area contributed by atoms with Gasteiger partial charge in [-0.2, -0.15) is 0 Å². The van der Waals surface area contributed by atoms with Gasteiger partial charge in [0.1, 0.15) is 5.75 Å². The molecule has 0 amide bonds. The molecular weight excluding hydrogens is 295 g/mol. The molecule has 0 N–H and O–H groups in total. The number of carbonyl (C=O) groups excluding carboxylic acids is 1. The monoisotopic (exact) mass is 320 g/mol. The molecule has 0 unspecified atom stereocenters. The lowest BCUT2D eigenvalue weighted by Crippen LogP contribution is -2.41. The van der Waals surface area contributed by atoms with Crippen LogP contribution in [-0.2, 0) is 25.3 Å². The van der Waals surface area contributed by atoms with Gasteiger partial charge < -0.3 is 18.8 Å². The second kappa shape index (κ2) is 6.53. The lowest BCUT2D eigenvalue weighted by molar-refractivity contribution is -0.139. The maximum absolute atomic E-state index is 11.6. The van der Waals surface area contributed by atoms with Crippen LogP contribution in [0, 0.1) is 0 Å². The summed E-state index contributed by atoms with van der Waals surface area (Å²) in [5, 5.41) is 0. The number of methoxy groups -OCH3 is 1. The van der Waals surface area contributed by atoms with Gasteiger partial charge in [0.05, 0.1) is 31.3 Å². The fourth-order valence-corrected chi connectivity index (χ4v) is 2.39. The van der Waals surface area contributed by atoms with Gasteiger partial charge in [0.2, 0.25) is 0 Å². The first-order chi connectivity index (χ1) is 10.7. The molecule has 0 saturated carbocycles. The molecule has 6 heteroatoms. The Hall–Kier alpha value is -1.53. The van der Waals surface area contributed by atoms with E-state index in [0.29, 0.717) is 12.4 Å². The van der Waals surface area contributed by atoms with E-state index in [4.69, 9.17) is 18.8 Å². The molecule has 5 nitrogen and oxygen atoms in total. The molecule has 0 atom stereocenters. The highest BCUT2D eigenvalue weighted by Gasteiger charge is 2.51. The maximum atomic E-state index is 11.6. The fraction of sp³-hybridized carbons (Fsp3) is 0.588. The molecular formula is C17H25BO5. The quantitative estimate of drug-likeness (QED) is 0.614. The predicted molar refractivity (Wildman–Crippen MR) is 89.0 cm³/mol. The number of ether oxygens (including phenoxy) is 2. The van der Waals surface area contributed by atoms with E-state index in [1.807, 2.05) is 52.8 Å². The van der Waals surface area contributed by atoms with Crippen LogP contribution < -0.4 is 10.2 Å². The van der Waals surface area contributed by atoms with E-state index >= 15 is 0 Å². The lowest BCUT2D eigenvalue weighted by atomic mass is 9.78. The van der Waals surface area contributed by atoms with E-state index < -0.39 is 18.3 Å². The summed E-state index contributed by atoms with van der Waals surface area (Å²) in [6.07, 6.45) is 0.152. The van der Waals surface area contributed by atoms with Crippen molar-refractivity contribution in [2.75, 3.05) is 13.7 Å². The number of esters is 1. The van der Waals surface area contributed by atoms with Crippen LogP contribution in [0.5, 0.6) is 5.75 Å². The molecule has 2 rings (SSSR count). The van der Waals surface area contributed by atoms with Gasteiger partial charge in [-0.1, -0.05) is 12.1 Å². The van der Waals surface area contributed by atoms with Crippen molar-refractivity contribution < 1.29 is 23.6 Å². The van der Waals surface area contributed by atoms with E-state index in [9.17, 15) is 4.79 Å². The number of carbonyl (C=O) groups is 1. The Bertz CT molecular complexity index is 566. The van der Waals surface area contributed by atoms with Gasteiger partial charge in [-0.15, -0.1) is 0 Å². The molecule has 126 valence electrons. The number of hydrogen-bond donors (Lipinski definition) is 0. The Labute approximate surface area is 138 Å². The van der Waals surface area contributed by atoms with E-state index in [0.717, 1.165) is 11.0 Å². The smallest absolute Gasteiger partial charge is 0.494 e. The standard InChI is InChI=1S/C17H25BO5/c1-7-21-14-9-8-13(10-12(14)11-15(19)20-6)18-22-16(2,3)17(4,5)23-18/h8-10H,7,11H2,1-6H3. The summed E-state index contributed by atoms with van der Waals surface area (Å²) in [5.41, 5.74) is 0.828. The minimum absolute atomic E-state index is 0.152. The topological polar surface area (TPSA) is 54.0 Å². The Kier molecular flexibility index (Phi) is 5.06. The van der Waals surface area contributed by atoms with Crippen molar-refractivity contribution in [3.05, 3.63) is 23.8 Å². The van der Waals surface area contributed by atoms with Gasteiger partial charge in [-0.05, 0) is 46.1 Å². The molecule has 1 aromatic carbocycles. The van der Waals surface area contributed by atoms with Gasteiger partial charge in [0.25, 0.3) is 0 Å². The Morgan fingerprint density at radius 1 is 1.17 bits per heavy atom. The Morgan fingerprint density at radius 2 is 1.78 bits per heavy atom. The van der Waals surface area contributed by atoms with Crippen molar-refractivity contribution in [2.24, 2.45) is 0 Å². The SMILES string of the molecule is CCOc1ccc(B2OC(C)(C)C(C)(C)O2)cc1CC(=O)OC. The largest absolute Gasteiger partial charge is 0.494 e. The van der Waals surface area contributed by atoms with Crippen LogP contribution in [0.3, 0.4) is 0 Å². The van der Waals surface area contributed by atoms with E-state index in [2.05, 4.69) is 0 Å². The summed E-state index contributed by atoms with van der Waals surface area (Å²) in [6, 6.07) is 5.65. The van der Waals surface area contributed by atoms with Crippen LogP contribution in [-0.4, -0.2) is 38.0 Å². The third-order valence-electron chi connectivity index (χ3n) is 4.47. The molecule has 0 bridgehead atoms.